The number of carbonyl (C=O) groups excluding carboxylic acids is 2. The van der Waals surface area contributed by atoms with E-state index in [0.717, 1.165) is 16.8 Å². The molecule has 6 heteroatoms. The Balaban J connectivity index is 2.31. The van der Waals surface area contributed by atoms with Crippen LogP contribution in [-0.4, -0.2) is 27.7 Å². The highest BCUT2D eigenvalue weighted by Gasteiger charge is 2.28. The number of rotatable bonds is 7. The molecule has 0 atom stereocenters. The van der Waals surface area contributed by atoms with E-state index in [0.29, 0.717) is 36.4 Å². The van der Waals surface area contributed by atoms with Gasteiger partial charge in [-0.1, -0.05) is 37.3 Å². The number of fused-ring (bicyclic) bond motifs is 1. The number of Topliss-reactive ketones (excluding diaryl/α,β-unsaturated/α-hetero) is 1. The van der Waals surface area contributed by atoms with Crippen LogP contribution in [0.1, 0.15) is 41.0 Å². The Bertz CT molecular complexity index is 961. The maximum atomic E-state index is 12.6. The summed E-state index contributed by atoms with van der Waals surface area (Å²) >= 11 is 0. The number of hydrogen-bond donors (Lipinski definition) is 1. The summed E-state index contributed by atoms with van der Waals surface area (Å²) in [6, 6.07) is 9.95. The van der Waals surface area contributed by atoms with Gasteiger partial charge in [0.25, 0.3) is 11.7 Å². The maximum Gasteiger partial charge on any atom is 0.289 e. The lowest BCUT2D eigenvalue weighted by molar-refractivity contribution is -0.114. The smallest absolute Gasteiger partial charge is 0.289 e. The maximum absolute atomic E-state index is 12.6. The first kappa shape index (κ1) is 17.7. The molecule has 0 saturated heterocycles. The van der Waals surface area contributed by atoms with Crippen molar-refractivity contribution in [3.63, 3.8) is 0 Å². The molecule has 2 aromatic heterocycles. The number of ketones is 1. The van der Waals surface area contributed by atoms with Gasteiger partial charge in [0.2, 0.25) is 5.88 Å². The SMILES string of the molecule is CCOc1nccn2c(Cc3ccccc3)c(CC)c(C(=O)C(N)=O)c12. The summed E-state index contributed by atoms with van der Waals surface area (Å²) in [5.74, 6) is -1.37. The zero-order chi connectivity index (χ0) is 18.7. The van der Waals surface area contributed by atoms with Gasteiger partial charge in [0, 0.05) is 24.5 Å². The molecule has 0 radical (unpaired) electrons. The average molecular weight is 351 g/mol. The molecular formula is C20H21N3O3. The standard InChI is InChI=1S/C20H21N3O3/c1-3-14-15(12-13-8-6-5-7-9-13)23-11-10-22-20(26-4-2)17(23)16(14)18(24)19(21)25/h5-11H,3-4,12H2,1-2H3,(H2,21,25). The van der Waals surface area contributed by atoms with Crippen molar-refractivity contribution in [3.8, 4) is 5.88 Å². The Morgan fingerprint density at radius 3 is 2.54 bits per heavy atom. The van der Waals surface area contributed by atoms with Crippen LogP contribution in [0.15, 0.2) is 42.7 Å². The Kier molecular flexibility index (Phi) is 5.02. The first-order chi connectivity index (χ1) is 12.6. The monoisotopic (exact) mass is 351 g/mol. The number of hydrogen-bond acceptors (Lipinski definition) is 4. The molecule has 1 amide bonds. The predicted octanol–water partition coefficient (Wildman–Crippen LogP) is 2.55. The second-order valence-corrected chi connectivity index (χ2v) is 5.89. The summed E-state index contributed by atoms with van der Waals surface area (Å²) in [7, 11) is 0. The fourth-order valence-corrected chi connectivity index (χ4v) is 3.26. The Morgan fingerprint density at radius 1 is 1.19 bits per heavy atom. The molecule has 0 aliphatic rings. The third-order valence-corrected chi connectivity index (χ3v) is 4.33. The van der Waals surface area contributed by atoms with Gasteiger partial charge in [-0.25, -0.2) is 4.98 Å². The van der Waals surface area contributed by atoms with Gasteiger partial charge < -0.3 is 14.9 Å². The van der Waals surface area contributed by atoms with Gasteiger partial charge in [0.15, 0.2) is 0 Å². The molecule has 26 heavy (non-hydrogen) atoms. The Hall–Kier alpha value is -3.15. The minimum atomic E-state index is -0.982. The van der Waals surface area contributed by atoms with E-state index in [-0.39, 0.29) is 0 Å². The molecule has 0 fully saturated rings. The van der Waals surface area contributed by atoms with Gasteiger partial charge in [-0.2, -0.15) is 0 Å². The van der Waals surface area contributed by atoms with Crippen molar-refractivity contribution in [1.82, 2.24) is 9.38 Å². The minimum absolute atomic E-state index is 0.294. The molecule has 0 spiro atoms. The van der Waals surface area contributed by atoms with E-state index in [1.807, 2.05) is 48.6 Å². The molecule has 3 rings (SSSR count). The summed E-state index contributed by atoms with van der Waals surface area (Å²) in [4.78, 5) is 28.5. The van der Waals surface area contributed by atoms with Crippen LogP contribution in [0.25, 0.3) is 5.52 Å². The summed E-state index contributed by atoms with van der Waals surface area (Å²) in [6.45, 7) is 4.20. The summed E-state index contributed by atoms with van der Waals surface area (Å²) in [6.07, 6.45) is 4.62. The molecule has 1 aromatic carbocycles. The first-order valence-electron chi connectivity index (χ1n) is 8.60. The third-order valence-electron chi connectivity index (χ3n) is 4.33. The normalized spacial score (nSPS) is 10.8. The highest BCUT2D eigenvalue weighted by Crippen LogP contribution is 2.31. The van der Waals surface area contributed by atoms with Crippen molar-refractivity contribution in [1.29, 1.82) is 0 Å². The van der Waals surface area contributed by atoms with Crippen LogP contribution < -0.4 is 10.5 Å². The lowest BCUT2D eigenvalue weighted by Crippen LogP contribution is -2.24. The number of nitrogens with two attached hydrogens (primary N) is 1. The van der Waals surface area contributed by atoms with Gasteiger partial charge in [0.1, 0.15) is 5.52 Å². The third kappa shape index (κ3) is 3.06. The quantitative estimate of drug-likeness (QED) is 0.523. The molecule has 0 bridgehead atoms. The van der Waals surface area contributed by atoms with Crippen molar-refractivity contribution in [2.24, 2.45) is 5.73 Å². The van der Waals surface area contributed by atoms with Crippen molar-refractivity contribution in [3.05, 3.63) is 65.1 Å². The van der Waals surface area contributed by atoms with Crippen LogP contribution in [-0.2, 0) is 17.6 Å². The lowest BCUT2D eigenvalue weighted by atomic mass is 9.99. The molecule has 0 aliphatic carbocycles. The molecule has 0 saturated carbocycles. The predicted molar refractivity (Wildman–Crippen MR) is 98.5 cm³/mol. The van der Waals surface area contributed by atoms with Crippen LogP contribution in [0.2, 0.25) is 0 Å². The molecule has 6 nitrogen and oxygen atoms in total. The van der Waals surface area contributed by atoms with E-state index in [1.54, 1.807) is 12.4 Å². The largest absolute Gasteiger partial charge is 0.476 e. The van der Waals surface area contributed by atoms with E-state index in [1.165, 1.54) is 0 Å². The van der Waals surface area contributed by atoms with E-state index in [9.17, 15) is 9.59 Å². The van der Waals surface area contributed by atoms with Gasteiger partial charge in [-0.05, 0) is 24.5 Å². The zero-order valence-electron chi connectivity index (χ0n) is 14.9. The summed E-state index contributed by atoms with van der Waals surface area (Å²) < 4.78 is 7.51. The van der Waals surface area contributed by atoms with E-state index in [2.05, 4.69) is 4.98 Å². The van der Waals surface area contributed by atoms with Gasteiger partial charge in [-0.15, -0.1) is 0 Å². The second-order valence-electron chi connectivity index (χ2n) is 5.89. The number of aromatic nitrogens is 2. The molecule has 2 N–H and O–H groups in total. The number of carbonyl (C=O) groups is 2. The number of ether oxygens (including phenoxy) is 1. The highest BCUT2D eigenvalue weighted by molar-refractivity contribution is 6.44. The van der Waals surface area contributed by atoms with Crippen molar-refractivity contribution >= 4 is 17.2 Å². The number of benzene rings is 1. The molecule has 0 unspecified atom stereocenters. The van der Waals surface area contributed by atoms with Crippen LogP contribution in [0.5, 0.6) is 5.88 Å². The number of primary amides is 1. The highest BCUT2D eigenvalue weighted by atomic mass is 16.5. The number of nitrogens with zero attached hydrogens (tertiary/aromatic N) is 2. The lowest BCUT2D eigenvalue weighted by Gasteiger charge is -2.08. The number of amides is 1. The fraction of sp³-hybridized carbons (Fsp3) is 0.250. The fourth-order valence-electron chi connectivity index (χ4n) is 3.26. The molecule has 3 aromatic rings. The van der Waals surface area contributed by atoms with E-state index in [4.69, 9.17) is 10.5 Å². The van der Waals surface area contributed by atoms with Crippen LogP contribution >= 0.6 is 0 Å². The van der Waals surface area contributed by atoms with Crippen LogP contribution in [0, 0.1) is 0 Å². The van der Waals surface area contributed by atoms with Gasteiger partial charge in [0.05, 0.1) is 12.2 Å². The molecular weight excluding hydrogens is 330 g/mol. The van der Waals surface area contributed by atoms with E-state index >= 15 is 0 Å². The summed E-state index contributed by atoms with van der Waals surface area (Å²) in [5, 5.41) is 0. The topological polar surface area (TPSA) is 86.7 Å². The average Bonchev–Trinajstić information content (AvgIpc) is 2.96. The van der Waals surface area contributed by atoms with Crippen LogP contribution in [0.3, 0.4) is 0 Å². The second kappa shape index (κ2) is 7.39. The summed E-state index contributed by atoms with van der Waals surface area (Å²) in [5.41, 5.74) is 8.94. The first-order valence-corrected chi connectivity index (χ1v) is 8.60. The minimum Gasteiger partial charge on any atom is -0.476 e. The van der Waals surface area contributed by atoms with Crippen molar-refractivity contribution in [2.75, 3.05) is 6.61 Å². The van der Waals surface area contributed by atoms with Crippen LogP contribution in [0.4, 0.5) is 0 Å². The van der Waals surface area contributed by atoms with Crippen molar-refractivity contribution < 1.29 is 14.3 Å². The van der Waals surface area contributed by atoms with Crippen molar-refractivity contribution in [2.45, 2.75) is 26.7 Å². The molecule has 0 aliphatic heterocycles. The Labute approximate surface area is 151 Å². The zero-order valence-corrected chi connectivity index (χ0v) is 14.9. The molecule has 134 valence electrons. The van der Waals surface area contributed by atoms with E-state index < -0.39 is 11.7 Å². The molecule has 2 heterocycles. The van der Waals surface area contributed by atoms with Gasteiger partial charge in [-0.3, -0.25) is 9.59 Å². The van der Waals surface area contributed by atoms with Gasteiger partial charge >= 0.3 is 0 Å². The Morgan fingerprint density at radius 2 is 1.92 bits per heavy atom.